The summed E-state index contributed by atoms with van der Waals surface area (Å²) in [5, 5.41) is 8.01. The highest BCUT2D eigenvalue weighted by Crippen LogP contribution is 2.74. The number of carbonyl (C=O) groups is 2. The van der Waals surface area contributed by atoms with Gasteiger partial charge in [-0.3, -0.25) is 9.59 Å². The van der Waals surface area contributed by atoms with Gasteiger partial charge in [0.2, 0.25) is 5.91 Å². The molecule has 30 heavy (non-hydrogen) atoms. The lowest BCUT2D eigenvalue weighted by molar-refractivity contribution is -0.149. The fourth-order valence-electron chi connectivity index (χ4n) is 5.41. The topological polar surface area (TPSA) is 104 Å². The second-order valence-corrected chi connectivity index (χ2v) is 9.99. The number of thiophene rings is 1. The maximum absolute atomic E-state index is 13.4. The van der Waals surface area contributed by atoms with Crippen LogP contribution in [-0.4, -0.2) is 35.7 Å². The van der Waals surface area contributed by atoms with E-state index >= 15 is 0 Å². The van der Waals surface area contributed by atoms with E-state index in [9.17, 15) is 9.59 Å². The molecule has 1 aliphatic heterocycles. The molecule has 2 aromatic heterocycles. The SMILES string of the molecule is COC(=O)C12CCCC1(C(=O)Nc1sc3c(c1-c1nc(C4CC4)no1)CCOC3)C2. The second kappa shape index (κ2) is 6.37. The first-order valence-electron chi connectivity index (χ1n) is 10.5. The molecular formula is C21H23N3O5S. The molecule has 8 nitrogen and oxygen atoms in total. The van der Waals surface area contributed by atoms with Gasteiger partial charge in [-0.25, -0.2) is 0 Å². The van der Waals surface area contributed by atoms with Crippen LogP contribution in [0, 0.1) is 10.8 Å². The smallest absolute Gasteiger partial charge is 0.312 e. The molecule has 158 valence electrons. The Morgan fingerprint density at radius 3 is 2.90 bits per heavy atom. The van der Waals surface area contributed by atoms with Crippen molar-refractivity contribution < 1.29 is 23.6 Å². The third kappa shape index (κ3) is 2.48. The fraction of sp³-hybridized carbons (Fsp3) is 0.619. The van der Waals surface area contributed by atoms with Crippen molar-refractivity contribution in [2.45, 2.75) is 57.5 Å². The number of carbonyl (C=O) groups excluding carboxylic acids is 2. The Morgan fingerprint density at radius 2 is 2.10 bits per heavy atom. The lowest BCUT2D eigenvalue weighted by Gasteiger charge is -2.16. The monoisotopic (exact) mass is 429 g/mol. The van der Waals surface area contributed by atoms with Crippen molar-refractivity contribution >= 4 is 28.2 Å². The predicted octanol–water partition coefficient (Wildman–Crippen LogP) is 3.42. The van der Waals surface area contributed by atoms with E-state index in [1.807, 2.05) is 0 Å². The Labute approximate surface area is 177 Å². The number of aromatic nitrogens is 2. The minimum Gasteiger partial charge on any atom is -0.469 e. The number of anilines is 1. The Morgan fingerprint density at radius 1 is 1.27 bits per heavy atom. The van der Waals surface area contributed by atoms with Crippen LogP contribution >= 0.6 is 11.3 Å². The normalized spacial score (nSPS) is 29.2. The van der Waals surface area contributed by atoms with Crippen LogP contribution in [0.5, 0.6) is 0 Å². The molecule has 6 rings (SSSR count). The molecule has 3 heterocycles. The second-order valence-electron chi connectivity index (χ2n) is 8.88. The molecule has 2 unspecified atom stereocenters. The van der Waals surface area contributed by atoms with Crippen LogP contribution in [0.1, 0.15) is 60.7 Å². The van der Waals surface area contributed by atoms with Crippen LogP contribution in [0.4, 0.5) is 5.00 Å². The summed E-state index contributed by atoms with van der Waals surface area (Å²) >= 11 is 1.51. The summed E-state index contributed by atoms with van der Waals surface area (Å²) in [7, 11) is 1.40. The highest BCUT2D eigenvalue weighted by atomic mass is 32.1. The molecule has 3 fully saturated rings. The summed E-state index contributed by atoms with van der Waals surface area (Å²) in [5.41, 5.74) is 0.624. The van der Waals surface area contributed by atoms with E-state index in [1.54, 1.807) is 0 Å². The van der Waals surface area contributed by atoms with E-state index in [0.29, 0.717) is 49.3 Å². The van der Waals surface area contributed by atoms with Crippen LogP contribution in [0.2, 0.25) is 0 Å². The first-order chi connectivity index (χ1) is 14.6. The van der Waals surface area contributed by atoms with E-state index in [4.69, 9.17) is 14.0 Å². The number of rotatable bonds is 5. The predicted molar refractivity (Wildman–Crippen MR) is 107 cm³/mol. The molecule has 3 aliphatic carbocycles. The number of fused-ring (bicyclic) bond motifs is 2. The first-order valence-corrected chi connectivity index (χ1v) is 11.4. The van der Waals surface area contributed by atoms with Gasteiger partial charge in [-0.15, -0.1) is 11.3 Å². The summed E-state index contributed by atoms with van der Waals surface area (Å²) in [5.74, 6) is 1.23. The number of ether oxygens (including phenoxy) is 2. The molecule has 0 radical (unpaired) electrons. The van der Waals surface area contributed by atoms with E-state index < -0.39 is 10.8 Å². The van der Waals surface area contributed by atoms with Gasteiger partial charge in [0, 0.05) is 10.8 Å². The van der Waals surface area contributed by atoms with Crippen LogP contribution in [0.15, 0.2) is 4.52 Å². The van der Waals surface area contributed by atoms with Gasteiger partial charge < -0.3 is 19.3 Å². The van der Waals surface area contributed by atoms with Crippen molar-refractivity contribution in [3.05, 3.63) is 16.3 Å². The van der Waals surface area contributed by atoms with E-state index in [0.717, 1.165) is 47.5 Å². The number of hydrogen-bond donors (Lipinski definition) is 1. The standard InChI is InChI=1S/C21H23N3O5S/c1-27-19(26)21-7-2-6-20(21,10-21)18(25)23-17-14(12-5-8-28-9-13(12)30-17)16-22-15(24-29-16)11-3-4-11/h11H,2-10H2,1H3,(H,23,25). The van der Waals surface area contributed by atoms with E-state index in [2.05, 4.69) is 15.5 Å². The van der Waals surface area contributed by atoms with Gasteiger partial charge in [0.15, 0.2) is 5.82 Å². The van der Waals surface area contributed by atoms with Crippen LogP contribution in [0.3, 0.4) is 0 Å². The summed E-state index contributed by atoms with van der Waals surface area (Å²) in [4.78, 5) is 31.5. The molecular weight excluding hydrogens is 406 g/mol. The Kier molecular flexibility index (Phi) is 3.93. The van der Waals surface area contributed by atoms with Crippen LogP contribution in [0.25, 0.3) is 11.5 Å². The fourth-order valence-corrected chi connectivity index (χ4v) is 6.58. The number of hydrogen-bond acceptors (Lipinski definition) is 8. The van der Waals surface area contributed by atoms with Gasteiger partial charge in [-0.05, 0) is 44.1 Å². The molecule has 1 amide bonds. The number of nitrogens with one attached hydrogen (secondary N) is 1. The minimum atomic E-state index is -0.660. The molecule has 1 N–H and O–H groups in total. The minimum absolute atomic E-state index is 0.104. The molecule has 2 atom stereocenters. The molecule has 3 saturated carbocycles. The van der Waals surface area contributed by atoms with Crippen molar-refractivity contribution in [3.8, 4) is 11.5 Å². The zero-order valence-electron chi connectivity index (χ0n) is 16.8. The number of esters is 1. The zero-order chi connectivity index (χ0) is 20.5. The quantitative estimate of drug-likeness (QED) is 0.726. The lowest BCUT2D eigenvalue weighted by Crippen LogP contribution is -2.30. The molecule has 4 aliphatic rings. The number of nitrogens with zero attached hydrogens (tertiary/aromatic N) is 2. The van der Waals surface area contributed by atoms with Gasteiger partial charge in [0.25, 0.3) is 5.89 Å². The highest BCUT2D eigenvalue weighted by molar-refractivity contribution is 7.17. The maximum atomic E-state index is 13.4. The third-order valence-corrected chi connectivity index (χ3v) is 8.38. The molecule has 9 heteroatoms. The Balaban J connectivity index is 1.35. The first kappa shape index (κ1) is 18.5. The average Bonchev–Trinajstić information content (AvgIpc) is 3.57. The van der Waals surface area contributed by atoms with Crippen LogP contribution in [-0.2, 0) is 32.1 Å². The third-order valence-electron chi connectivity index (χ3n) is 7.26. The van der Waals surface area contributed by atoms with Crippen molar-refractivity contribution in [2.24, 2.45) is 10.8 Å². The van der Waals surface area contributed by atoms with Gasteiger partial charge in [-0.1, -0.05) is 11.6 Å². The van der Waals surface area contributed by atoms with Crippen molar-refractivity contribution in [3.63, 3.8) is 0 Å². The number of methoxy groups -OCH3 is 1. The Bertz CT molecular complexity index is 1060. The molecule has 0 saturated heterocycles. The molecule has 0 bridgehead atoms. The van der Waals surface area contributed by atoms with Crippen molar-refractivity contribution in [1.29, 1.82) is 0 Å². The van der Waals surface area contributed by atoms with Crippen molar-refractivity contribution in [1.82, 2.24) is 10.1 Å². The van der Waals surface area contributed by atoms with Gasteiger partial charge in [0.05, 0.1) is 36.7 Å². The average molecular weight is 429 g/mol. The van der Waals surface area contributed by atoms with Crippen molar-refractivity contribution in [2.75, 3.05) is 19.0 Å². The number of amides is 1. The summed E-state index contributed by atoms with van der Waals surface area (Å²) < 4.78 is 16.3. The van der Waals surface area contributed by atoms with Gasteiger partial charge in [-0.2, -0.15) is 4.98 Å². The molecule has 0 spiro atoms. The van der Waals surface area contributed by atoms with Gasteiger partial charge in [0.1, 0.15) is 5.00 Å². The van der Waals surface area contributed by atoms with E-state index in [1.165, 1.54) is 18.4 Å². The summed E-state index contributed by atoms with van der Waals surface area (Å²) in [6, 6.07) is 0. The van der Waals surface area contributed by atoms with Crippen LogP contribution < -0.4 is 5.32 Å². The maximum Gasteiger partial charge on any atom is 0.312 e. The molecule has 2 aromatic rings. The highest BCUT2D eigenvalue weighted by Gasteiger charge is 2.78. The summed E-state index contributed by atoms with van der Waals surface area (Å²) in [6.45, 7) is 1.15. The largest absolute Gasteiger partial charge is 0.469 e. The van der Waals surface area contributed by atoms with Gasteiger partial charge >= 0.3 is 5.97 Å². The lowest BCUT2D eigenvalue weighted by atomic mass is 9.95. The van der Waals surface area contributed by atoms with E-state index in [-0.39, 0.29) is 11.9 Å². The molecule has 0 aromatic carbocycles. The zero-order valence-corrected chi connectivity index (χ0v) is 17.6. The Hall–Kier alpha value is -2.26. The summed E-state index contributed by atoms with van der Waals surface area (Å²) in [6.07, 6.45) is 5.78.